The van der Waals surface area contributed by atoms with Gasteiger partial charge in [-0.3, -0.25) is 4.79 Å². The van der Waals surface area contributed by atoms with E-state index in [1.807, 2.05) is 12.1 Å². The second-order valence-electron chi connectivity index (χ2n) is 8.95. The number of hydrogen-bond donors (Lipinski definition) is 1. The van der Waals surface area contributed by atoms with Crippen LogP contribution in [0.1, 0.15) is 49.7 Å². The minimum atomic E-state index is -0.242. The molecular weight excluding hydrogens is 380 g/mol. The Hall–Kier alpha value is -2.34. The molecule has 3 aliphatic rings. The third-order valence-corrected chi connectivity index (χ3v) is 7.11. The largest absolute Gasteiger partial charge is 0.484 e. The number of hydrogen-bond acceptors (Lipinski definition) is 5. The standard InChI is InChI=1S/C24H30N2O4/c27-23(25-14-16-5-4-12-26-11-2-1-8-21(16)26)15-29-17-9-10-19-18-6-3-7-20(18)24(28)30-22(19)13-17/h9-10,13,16,21H,1-8,11-12,14-15H2,(H,25,27)/t16-,21+/m1/s1. The Morgan fingerprint density at radius 2 is 1.97 bits per heavy atom. The second kappa shape index (κ2) is 8.42. The highest BCUT2D eigenvalue weighted by Gasteiger charge is 2.32. The van der Waals surface area contributed by atoms with Crippen molar-refractivity contribution in [3.8, 4) is 5.75 Å². The fourth-order valence-electron chi connectivity index (χ4n) is 5.61. The number of piperidine rings is 2. The van der Waals surface area contributed by atoms with Gasteiger partial charge >= 0.3 is 5.63 Å². The zero-order valence-corrected chi connectivity index (χ0v) is 17.5. The molecule has 3 heterocycles. The lowest BCUT2D eigenvalue weighted by molar-refractivity contribution is -0.123. The maximum Gasteiger partial charge on any atom is 0.339 e. The van der Waals surface area contributed by atoms with Crippen LogP contribution in [0.5, 0.6) is 5.75 Å². The highest BCUT2D eigenvalue weighted by atomic mass is 16.5. The number of carbonyl (C=O) groups excluding carboxylic acids is 1. The van der Waals surface area contributed by atoms with Crippen molar-refractivity contribution in [2.75, 3.05) is 26.2 Å². The molecule has 1 amide bonds. The number of benzene rings is 1. The van der Waals surface area contributed by atoms with Crippen LogP contribution in [-0.2, 0) is 17.6 Å². The summed E-state index contributed by atoms with van der Waals surface area (Å²) in [5, 5.41) is 4.05. The highest BCUT2D eigenvalue weighted by molar-refractivity contribution is 5.83. The summed E-state index contributed by atoms with van der Waals surface area (Å²) in [5.41, 5.74) is 2.22. The lowest BCUT2D eigenvalue weighted by Gasteiger charge is -2.44. The number of aryl methyl sites for hydroxylation is 1. The summed E-state index contributed by atoms with van der Waals surface area (Å²) >= 11 is 0. The smallest absolute Gasteiger partial charge is 0.339 e. The molecule has 0 radical (unpaired) electrons. The van der Waals surface area contributed by atoms with E-state index in [2.05, 4.69) is 10.2 Å². The normalized spacial score (nSPS) is 23.7. The number of amides is 1. The van der Waals surface area contributed by atoms with Gasteiger partial charge in [0.1, 0.15) is 11.3 Å². The van der Waals surface area contributed by atoms with Crippen molar-refractivity contribution < 1.29 is 13.9 Å². The average Bonchev–Trinajstić information content (AvgIpc) is 3.27. The van der Waals surface area contributed by atoms with Gasteiger partial charge in [-0.2, -0.15) is 0 Å². The van der Waals surface area contributed by atoms with E-state index in [9.17, 15) is 9.59 Å². The maximum atomic E-state index is 12.4. The van der Waals surface area contributed by atoms with Gasteiger partial charge in [-0.25, -0.2) is 4.79 Å². The first kappa shape index (κ1) is 19.6. The molecule has 6 heteroatoms. The highest BCUT2D eigenvalue weighted by Crippen LogP contribution is 2.31. The van der Waals surface area contributed by atoms with Gasteiger partial charge in [0.2, 0.25) is 0 Å². The summed E-state index contributed by atoms with van der Waals surface area (Å²) in [5.74, 6) is 0.994. The lowest BCUT2D eigenvalue weighted by Crippen LogP contribution is -2.51. The van der Waals surface area contributed by atoms with Gasteiger partial charge < -0.3 is 19.4 Å². The fraction of sp³-hybridized carbons (Fsp3) is 0.583. The van der Waals surface area contributed by atoms with Crippen LogP contribution < -0.4 is 15.7 Å². The molecule has 2 aromatic rings. The molecule has 160 valence electrons. The molecule has 30 heavy (non-hydrogen) atoms. The zero-order chi connectivity index (χ0) is 20.5. The number of rotatable bonds is 5. The van der Waals surface area contributed by atoms with Gasteiger partial charge in [0.15, 0.2) is 6.61 Å². The van der Waals surface area contributed by atoms with E-state index in [0.29, 0.717) is 23.3 Å². The first-order chi connectivity index (χ1) is 14.7. The van der Waals surface area contributed by atoms with Crippen molar-refractivity contribution in [1.82, 2.24) is 10.2 Å². The van der Waals surface area contributed by atoms with Crippen LogP contribution in [0.2, 0.25) is 0 Å². The number of carbonyl (C=O) groups is 1. The summed E-state index contributed by atoms with van der Waals surface area (Å²) in [6, 6.07) is 6.15. The quantitative estimate of drug-likeness (QED) is 0.767. The topological polar surface area (TPSA) is 71.8 Å². The van der Waals surface area contributed by atoms with E-state index in [-0.39, 0.29) is 18.1 Å². The van der Waals surface area contributed by atoms with Gasteiger partial charge in [0, 0.05) is 29.6 Å². The van der Waals surface area contributed by atoms with Crippen molar-refractivity contribution in [3.63, 3.8) is 0 Å². The fourth-order valence-corrected chi connectivity index (χ4v) is 5.61. The molecule has 1 aromatic heterocycles. The molecule has 0 saturated carbocycles. The Kier molecular flexibility index (Phi) is 5.50. The average molecular weight is 411 g/mol. The van der Waals surface area contributed by atoms with Crippen LogP contribution in [0.4, 0.5) is 0 Å². The van der Waals surface area contributed by atoms with Crippen molar-refractivity contribution in [2.45, 2.75) is 57.4 Å². The molecular formula is C24H30N2O4. The van der Waals surface area contributed by atoms with Crippen LogP contribution in [0.15, 0.2) is 27.4 Å². The predicted molar refractivity (Wildman–Crippen MR) is 115 cm³/mol. The summed E-state index contributed by atoms with van der Waals surface area (Å²) in [6.45, 7) is 3.11. The SMILES string of the molecule is O=C(COc1ccc2c3c(c(=O)oc2c1)CCC3)NC[C@H]1CCCN2CCCC[C@@H]12. The van der Waals surface area contributed by atoms with Crippen molar-refractivity contribution in [3.05, 3.63) is 39.7 Å². The molecule has 1 aliphatic carbocycles. The summed E-state index contributed by atoms with van der Waals surface area (Å²) in [6.07, 6.45) is 8.98. The Morgan fingerprint density at radius 3 is 2.90 bits per heavy atom. The predicted octanol–water partition coefficient (Wildman–Crippen LogP) is 3.04. The Bertz CT molecular complexity index is 997. The van der Waals surface area contributed by atoms with Gasteiger partial charge in [0.25, 0.3) is 5.91 Å². The molecule has 6 nitrogen and oxygen atoms in total. The van der Waals surface area contributed by atoms with Gasteiger partial charge in [-0.15, -0.1) is 0 Å². The Morgan fingerprint density at radius 1 is 1.10 bits per heavy atom. The van der Waals surface area contributed by atoms with Gasteiger partial charge in [-0.05, 0) is 81.6 Å². The zero-order valence-electron chi connectivity index (χ0n) is 17.5. The van der Waals surface area contributed by atoms with E-state index in [4.69, 9.17) is 9.15 Å². The van der Waals surface area contributed by atoms with E-state index < -0.39 is 0 Å². The molecule has 0 bridgehead atoms. The lowest BCUT2D eigenvalue weighted by atomic mass is 9.83. The molecule has 5 rings (SSSR count). The van der Waals surface area contributed by atoms with Crippen molar-refractivity contribution in [1.29, 1.82) is 0 Å². The molecule has 2 atom stereocenters. The Balaban J connectivity index is 1.18. The van der Waals surface area contributed by atoms with Gasteiger partial charge in [0.05, 0.1) is 0 Å². The van der Waals surface area contributed by atoms with Crippen LogP contribution in [0.25, 0.3) is 11.0 Å². The molecule has 0 spiro atoms. The molecule has 2 saturated heterocycles. The van der Waals surface area contributed by atoms with Crippen LogP contribution in [0, 0.1) is 5.92 Å². The number of nitrogens with zero attached hydrogens (tertiary/aromatic N) is 1. The molecule has 1 aromatic carbocycles. The molecule has 2 fully saturated rings. The summed E-state index contributed by atoms with van der Waals surface area (Å²) < 4.78 is 11.2. The molecule has 1 N–H and O–H groups in total. The number of fused-ring (bicyclic) bond motifs is 4. The monoisotopic (exact) mass is 410 g/mol. The van der Waals surface area contributed by atoms with Gasteiger partial charge in [-0.1, -0.05) is 6.42 Å². The molecule has 0 unspecified atom stereocenters. The number of nitrogens with one attached hydrogen (secondary N) is 1. The maximum absolute atomic E-state index is 12.4. The van der Waals surface area contributed by atoms with E-state index >= 15 is 0 Å². The van der Waals surface area contributed by atoms with Crippen molar-refractivity contribution in [2.24, 2.45) is 5.92 Å². The minimum absolute atomic E-state index is 0.0260. The van der Waals surface area contributed by atoms with Crippen LogP contribution >= 0.6 is 0 Å². The van der Waals surface area contributed by atoms with E-state index in [0.717, 1.165) is 42.3 Å². The summed E-state index contributed by atoms with van der Waals surface area (Å²) in [7, 11) is 0. The van der Waals surface area contributed by atoms with Crippen LogP contribution in [0.3, 0.4) is 0 Å². The Labute approximate surface area is 176 Å². The first-order valence-electron chi connectivity index (χ1n) is 11.4. The van der Waals surface area contributed by atoms with E-state index in [1.54, 1.807) is 6.07 Å². The van der Waals surface area contributed by atoms with Crippen molar-refractivity contribution >= 4 is 16.9 Å². The summed E-state index contributed by atoms with van der Waals surface area (Å²) in [4.78, 5) is 27.1. The molecule has 2 aliphatic heterocycles. The minimum Gasteiger partial charge on any atom is -0.484 e. The number of ether oxygens (including phenoxy) is 1. The van der Waals surface area contributed by atoms with E-state index in [1.165, 1.54) is 45.2 Å². The third-order valence-electron chi connectivity index (χ3n) is 7.11. The first-order valence-corrected chi connectivity index (χ1v) is 11.4. The van der Waals surface area contributed by atoms with Crippen LogP contribution in [-0.4, -0.2) is 43.1 Å². The second-order valence-corrected chi connectivity index (χ2v) is 8.95. The third kappa shape index (κ3) is 3.85.